The zero-order valence-corrected chi connectivity index (χ0v) is 21.0. The molecule has 33 heavy (non-hydrogen) atoms. The smallest absolute Gasteiger partial charge is 0.326 e. The Hall–Kier alpha value is -1.71. The largest absolute Gasteiger partial charge is 0.480 e. The number of aryl methyl sites for hydroxylation is 1. The Labute approximate surface area is 204 Å². The van der Waals surface area contributed by atoms with Gasteiger partial charge in [-0.25, -0.2) is 4.79 Å². The molecule has 0 aromatic heterocycles. The van der Waals surface area contributed by atoms with E-state index in [1.165, 1.54) is 4.90 Å². The molecule has 1 amide bonds. The monoisotopic (exact) mass is 494 g/mol. The quantitative estimate of drug-likeness (QED) is 0.506. The number of hydrogen-bond acceptors (Lipinski definition) is 7. The van der Waals surface area contributed by atoms with Gasteiger partial charge in [-0.3, -0.25) is 14.9 Å². The Bertz CT molecular complexity index is 816. The molecule has 0 radical (unpaired) electrons. The molecule has 2 aliphatic rings. The summed E-state index contributed by atoms with van der Waals surface area (Å²) in [7, 11) is 0. The van der Waals surface area contributed by atoms with Crippen LogP contribution < -0.4 is 5.32 Å². The fourth-order valence-electron chi connectivity index (χ4n) is 4.39. The molecular weight excluding hydrogens is 460 g/mol. The fourth-order valence-corrected chi connectivity index (χ4v) is 7.71. The summed E-state index contributed by atoms with van der Waals surface area (Å²) < 4.78 is 5.11. The normalized spacial score (nSPS) is 21.9. The maximum Gasteiger partial charge on any atom is 0.326 e. The van der Waals surface area contributed by atoms with Crippen molar-refractivity contribution >= 4 is 41.4 Å². The maximum atomic E-state index is 13.5. The molecule has 2 N–H and O–H groups in total. The first-order valence-corrected chi connectivity index (χ1v) is 13.6. The number of carboxylic acid groups (broad SMARTS) is 1. The molecule has 0 saturated carbocycles. The van der Waals surface area contributed by atoms with Crippen LogP contribution in [0.25, 0.3) is 0 Å². The second-order valence-electron chi connectivity index (χ2n) is 8.54. The highest BCUT2D eigenvalue weighted by Crippen LogP contribution is 2.49. The van der Waals surface area contributed by atoms with Crippen LogP contribution in [0.4, 0.5) is 0 Å². The Kier molecular flexibility index (Phi) is 9.52. The summed E-state index contributed by atoms with van der Waals surface area (Å²) in [5, 5.41) is 12.9. The van der Waals surface area contributed by atoms with E-state index in [4.69, 9.17) is 4.74 Å². The third kappa shape index (κ3) is 6.90. The molecule has 1 aromatic carbocycles. The lowest BCUT2D eigenvalue weighted by molar-refractivity contribution is -0.153. The summed E-state index contributed by atoms with van der Waals surface area (Å²) in [4.78, 5) is 39.5. The van der Waals surface area contributed by atoms with Crippen molar-refractivity contribution in [1.82, 2.24) is 10.2 Å². The highest BCUT2D eigenvalue weighted by molar-refractivity contribution is 8.18. The van der Waals surface area contributed by atoms with E-state index >= 15 is 0 Å². The van der Waals surface area contributed by atoms with Gasteiger partial charge in [0.05, 0.1) is 16.7 Å². The molecule has 0 aliphatic carbocycles. The van der Waals surface area contributed by atoms with Crippen molar-refractivity contribution in [2.45, 2.75) is 68.2 Å². The summed E-state index contributed by atoms with van der Waals surface area (Å²) in [5.41, 5.74) is 1.10. The van der Waals surface area contributed by atoms with Crippen LogP contribution in [0.1, 0.15) is 45.1 Å². The summed E-state index contributed by atoms with van der Waals surface area (Å²) in [6, 6.07) is 7.67. The number of amides is 1. The van der Waals surface area contributed by atoms with E-state index in [1.54, 1.807) is 13.8 Å². The van der Waals surface area contributed by atoms with Crippen LogP contribution >= 0.6 is 23.5 Å². The fraction of sp³-hybridized carbons (Fsp3) is 0.625. The Balaban J connectivity index is 1.70. The van der Waals surface area contributed by atoms with Crippen molar-refractivity contribution in [2.75, 3.05) is 24.7 Å². The van der Waals surface area contributed by atoms with Gasteiger partial charge >= 0.3 is 11.9 Å². The number of benzene rings is 1. The SMILES string of the molecule is CCOC(=O)C(CCc1ccccc1)N[C@@H](C)C(=O)N1CC2(CCC1C(=O)O)SCCCS2. The van der Waals surface area contributed by atoms with Crippen LogP contribution in [0.5, 0.6) is 0 Å². The number of carbonyl (C=O) groups is 3. The predicted octanol–water partition coefficient (Wildman–Crippen LogP) is 3.17. The number of piperidine rings is 1. The summed E-state index contributed by atoms with van der Waals surface area (Å²) in [5.74, 6) is 0.427. The molecule has 2 fully saturated rings. The molecule has 182 valence electrons. The molecule has 7 nitrogen and oxygen atoms in total. The van der Waals surface area contributed by atoms with Crippen molar-refractivity contribution in [1.29, 1.82) is 0 Å². The highest BCUT2D eigenvalue weighted by Gasteiger charge is 2.46. The number of hydrogen-bond donors (Lipinski definition) is 2. The number of carbonyl (C=O) groups excluding carboxylic acids is 2. The van der Waals surface area contributed by atoms with Crippen LogP contribution in [0.2, 0.25) is 0 Å². The molecule has 0 bridgehead atoms. The Morgan fingerprint density at radius 2 is 1.94 bits per heavy atom. The lowest BCUT2D eigenvalue weighted by Gasteiger charge is -2.47. The van der Waals surface area contributed by atoms with Gasteiger partial charge in [-0.15, -0.1) is 23.5 Å². The lowest BCUT2D eigenvalue weighted by atomic mass is 9.99. The van der Waals surface area contributed by atoms with Gasteiger partial charge in [0.25, 0.3) is 0 Å². The van der Waals surface area contributed by atoms with Gasteiger partial charge in [0.2, 0.25) is 5.91 Å². The van der Waals surface area contributed by atoms with Crippen LogP contribution in [-0.2, 0) is 25.5 Å². The van der Waals surface area contributed by atoms with E-state index in [1.807, 2.05) is 53.9 Å². The van der Waals surface area contributed by atoms with Crippen molar-refractivity contribution in [3.05, 3.63) is 35.9 Å². The molecule has 9 heteroatoms. The first-order chi connectivity index (χ1) is 15.8. The number of thioether (sulfide) groups is 2. The van der Waals surface area contributed by atoms with Gasteiger partial charge in [0.1, 0.15) is 12.1 Å². The highest BCUT2D eigenvalue weighted by atomic mass is 32.2. The number of rotatable bonds is 9. The summed E-state index contributed by atoms with van der Waals surface area (Å²) in [6.07, 6.45) is 3.51. The second kappa shape index (κ2) is 12.1. The van der Waals surface area contributed by atoms with E-state index < -0.39 is 30.1 Å². The van der Waals surface area contributed by atoms with Gasteiger partial charge in [-0.1, -0.05) is 30.3 Å². The molecule has 1 spiro atoms. The predicted molar refractivity (Wildman–Crippen MR) is 132 cm³/mol. The number of ether oxygens (including phenoxy) is 1. The molecule has 3 atom stereocenters. The van der Waals surface area contributed by atoms with E-state index in [2.05, 4.69) is 5.32 Å². The van der Waals surface area contributed by atoms with Crippen molar-refractivity contribution in [3.63, 3.8) is 0 Å². The minimum atomic E-state index is -0.970. The average Bonchev–Trinajstić information content (AvgIpc) is 2.82. The summed E-state index contributed by atoms with van der Waals surface area (Å²) >= 11 is 3.69. The van der Waals surface area contributed by atoms with Crippen molar-refractivity contribution in [2.24, 2.45) is 0 Å². The Morgan fingerprint density at radius 1 is 1.24 bits per heavy atom. The number of nitrogens with one attached hydrogen (secondary N) is 1. The molecule has 2 heterocycles. The van der Waals surface area contributed by atoms with E-state index in [0.717, 1.165) is 29.9 Å². The number of aliphatic carboxylic acids is 1. The number of esters is 1. The lowest BCUT2D eigenvalue weighted by Crippen LogP contribution is -2.60. The Morgan fingerprint density at radius 3 is 2.58 bits per heavy atom. The third-order valence-electron chi connectivity index (χ3n) is 6.13. The third-order valence-corrected chi connectivity index (χ3v) is 9.54. The van der Waals surface area contributed by atoms with Crippen molar-refractivity contribution in [3.8, 4) is 0 Å². The van der Waals surface area contributed by atoms with Crippen LogP contribution in [-0.4, -0.2) is 74.7 Å². The molecule has 1 aromatic rings. The number of nitrogens with zero attached hydrogens (tertiary/aromatic N) is 1. The molecule has 2 aliphatic heterocycles. The zero-order valence-electron chi connectivity index (χ0n) is 19.3. The average molecular weight is 495 g/mol. The first-order valence-electron chi connectivity index (χ1n) is 11.6. The van der Waals surface area contributed by atoms with E-state index in [0.29, 0.717) is 25.8 Å². The minimum Gasteiger partial charge on any atom is -0.480 e. The van der Waals surface area contributed by atoms with E-state index in [9.17, 15) is 19.5 Å². The second-order valence-corrected chi connectivity index (χ2v) is 11.8. The van der Waals surface area contributed by atoms with Crippen LogP contribution in [0.3, 0.4) is 0 Å². The minimum absolute atomic E-state index is 0.132. The van der Waals surface area contributed by atoms with Gasteiger partial charge < -0.3 is 14.7 Å². The van der Waals surface area contributed by atoms with Crippen LogP contribution in [0, 0.1) is 0 Å². The standard InChI is InChI=1S/C24H34N2O5S2/c1-3-31-23(30)19(11-10-18-8-5-4-6-9-18)25-17(2)21(27)26-16-24(32-14-7-15-33-24)13-12-20(26)22(28)29/h4-6,8-9,17,19-20,25H,3,7,10-16H2,1-2H3,(H,28,29)/t17-,19?,20?/m0/s1. The first kappa shape index (κ1) is 25.9. The van der Waals surface area contributed by atoms with E-state index in [-0.39, 0.29) is 16.6 Å². The summed E-state index contributed by atoms with van der Waals surface area (Å²) in [6.45, 7) is 4.14. The van der Waals surface area contributed by atoms with Gasteiger partial charge in [0, 0.05) is 6.54 Å². The van der Waals surface area contributed by atoms with Gasteiger partial charge in [-0.2, -0.15) is 0 Å². The molecule has 2 saturated heterocycles. The van der Waals surface area contributed by atoms with Gasteiger partial charge in [0.15, 0.2) is 0 Å². The molecule has 3 rings (SSSR count). The maximum absolute atomic E-state index is 13.5. The van der Waals surface area contributed by atoms with Gasteiger partial charge in [-0.05, 0) is 63.0 Å². The zero-order chi connectivity index (χ0) is 23.8. The number of carboxylic acids is 1. The number of likely N-dealkylation sites (tertiary alicyclic amines) is 1. The van der Waals surface area contributed by atoms with Crippen molar-refractivity contribution < 1.29 is 24.2 Å². The molecule has 2 unspecified atom stereocenters. The topological polar surface area (TPSA) is 95.9 Å². The van der Waals surface area contributed by atoms with Crippen LogP contribution in [0.15, 0.2) is 30.3 Å². The molecular formula is C24H34N2O5S2.